The molecule has 0 radical (unpaired) electrons. The lowest BCUT2D eigenvalue weighted by Gasteiger charge is -2.35. The molecule has 21 heavy (non-hydrogen) atoms. The van der Waals surface area contributed by atoms with E-state index in [9.17, 15) is 13.2 Å². The number of anilines is 1. The third-order valence-corrected chi connectivity index (χ3v) is 5.89. The van der Waals surface area contributed by atoms with Gasteiger partial charge in [0.05, 0.1) is 17.4 Å². The number of nitrogens with zero attached hydrogens (tertiary/aromatic N) is 1. The van der Waals surface area contributed by atoms with Crippen LogP contribution in [0.2, 0.25) is 0 Å². The van der Waals surface area contributed by atoms with Gasteiger partial charge in [-0.3, -0.25) is 4.79 Å². The first-order valence-electron chi connectivity index (χ1n) is 7.31. The number of hydrogen-bond donors (Lipinski definition) is 1. The molecule has 1 saturated heterocycles. The number of carbonyl (C=O) groups is 1. The minimum Gasteiger partial charge on any atom is -0.382 e. The molecule has 1 N–H and O–H groups in total. The Morgan fingerprint density at radius 2 is 1.90 bits per heavy atom. The Morgan fingerprint density at radius 3 is 2.62 bits per heavy atom. The molecule has 6 heteroatoms. The van der Waals surface area contributed by atoms with Crippen molar-refractivity contribution in [2.45, 2.75) is 25.3 Å². The molecule has 2 aliphatic heterocycles. The second-order valence-corrected chi connectivity index (χ2v) is 8.20. The van der Waals surface area contributed by atoms with Gasteiger partial charge in [-0.1, -0.05) is 18.2 Å². The van der Waals surface area contributed by atoms with Crippen LogP contribution in [0.3, 0.4) is 0 Å². The first-order valence-corrected chi connectivity index (χ1v) is 9.13. The van der Waals surface area contributed by atoms with Gasteiger partial charge in [-0.05, 0) is 25.0 Å². The summed E-state index contributed by atoms with van der Waals surface area (Å²) in [5, 5.41) is 3.39. The highest BCUT2D eigenvalue weighted by Crippen LogP contribution is 2.35. The molecule has 1 amide bonds. The monoisotopic (exact) mass is 308 g/mol. The molecular formula is C15H20N2O3S. The summed E-state index contributed by atoms with van der Waals surface area (Å²) in [4.78, 5) is 14.5. The van der Waals surface area contributed by atoms with Crippen molar-refractivity contribution in [1.29, 1.82) is 0 Å². The van der Waals surface area contributed by atoms with Gasteiger partial charge in [0.15, 0.2) is 9.84 Å². The van der Waals surface area contributed by atoms with Crippen LogP contribution in [0, 0.1) is 0 Å². The predicted molar refractivity (Wildman–Crippen MR) is 82.1 cm³/mol. The summed E-state index contributed by atoms with van der Waals surface area (Å²) in [5.41, 5.74) is 2.04. The molecule has 2 heterocycles. The number of fused-ring (bicyclic) bond motifs is 1. The Labute approximate surface area is 125 Å². The molecule has 1 aromatic rings. The van der Waals surface area contributed by atoms with Crippen molar-refractivity contribution < 1.29 is 13.2 Å². The summed E-state index contributed by atoms with van der Waals surface area (Å²) >= 11 is 0. The van der Waals surface area contributed by atoms with Gasteiger partial charge in [0.2, 0.25) is 5.91 Å². The van der Waals surface area contributed by atoms with Crippen LogP contribution in [-0.4, -0.2) is 49.9 Å². The minimum absolute atomic E-state index is 0.0608. The zero-order valence-corrected chi connectivity index (χ0v) is 12.9. The fourth-order valence-corrected chi connectivity index (χ4v) is 4.33. The van der Waals surface area contributed by atoms with E-state index < -0.39 is 9.84 Å². The number of benzene rings is 1. The molecule has 0 saturated carbocycles. The maximum Gasteiger partial charge on any atom is 0.230 e. The second kappa shape index (κ2) is 5.33. The van der Waals surface area contributed by atoms with Crippen LogP contribution in [0.1, 0.15) is 24.8 Å². The summed E-state index contributed by atoms with van der Waals surface area (Å²) in [5.74, 6) is 0.0610. The summed E-state index contributed by atoms with van der Waals surface area (Å²) in [6.07, 6.45) is 0.749. The molecule has 2 aliphatic rings. The number of nitrogens with one attached hydrogen (secondary N) is 1. The van der Waals surface area contributed by atoms with E-state index in [1.54, 1.807) is 4.90 Å². The third kappa shape index (κ3) is 2.90. The molecule has 0 spiro atoms. The molecule has 2 atom stereocenters. The van der Waals surface area contributed by atoms with Gasteiger partial charge in [-0.2, -0.15) is 0 Å². The van der Waals surface area contributed by atoms with Crippen LogP contribution in [-0.2, 0) is 14.6 Å². The number of amides is 1. The minimum atomic E-state index is -2.96. The largest absolute Gasteiger partial charge is 0.382 e. The molecule has 0 aromatic heterocycles. The Balaban J connectivity index is 1.82. The van der Waals surface area contributed by atoms with E-state index >= 15 is 0 Å². The van der Waals surface area contributed by atoms with Gasteiger partial charge in [-0.25, -0.2) is 8.42 Å². The van der Waals surface area contributed by atoms with Crippen LogP contribution < -0.4 is 5.32 Å². The summed E-state index contributed by atoms with van der Waals surface area (Å²) in [6.45, 7) is 2.71. The zero-order chi connectivity index (χ0) is 15.0. The van der Waals surface area contributed by atoms with E-state index in [0.29, 0.717) is 13.1 Å². The first kappa shape index (κ1) is 14.4. The highest BCUT2D eigenvalue weighted by atomic mass is 32.2. The lowest BCUT2D eigenvalue weighted by atomic mass is 9.86. The van der Waals surface area contributed by atoms with E-state index in [-0.39, 0.29) is 29.4 Å². The van der Waals surface area contributed by atoms with Crippen LogP contribution in [0.4, 0.5) is 5.69 Å². The Morgan fingerprint density at radius 1 is 1.24 bits per heavy atom. The summed E-state index contributed by atoms with van der Waals surface area (Å²) in [6, 6.07) is 8.11. The Bertz CT molecular complexity index is 643. The third-order valence-electron chi connectivity index (χ3n) is 4.28. The molecule has 2 unspecified atom stereocenters. The van der Waals surface area contributed by atoms with Gasteiger partial charge in [0.1, 0.15) is 0 Å². The van der Waals surface area contributed by atoms with Gasteiger partial charge in [0, 0.05) is 24.8 Å². The number of hydrogen-bond acceptors (Lipinski definition) is 4. The molecule has 3 rings (SSSR count). The smallest absolute Gasteiger partial charge is 0.230 e. The van der Waals surface area contributed by atoms with Gasteiger partial charge in [0.25, 0.3) is 0 Å². The van der Waals surface area contributed by atoms with E-state index in [4.69, 9.17) is 0 Å². The van der Waals surface area contributed by atoms with Crippen molar-refractivity contribution in [3.05, 3.63) is 29.8 Å². The van der Waals surface area contributed by atoms with Crippen LogP contribution in [0.15, 0.2) is 24.3 Å². The second-order valence-electron chi connectivity index (χ2n) is 5.90. The molecule has 5 nitrogen and oxygen atoms in total. The fraction of sp³-hybridized carbons (Fsp3) is 0.533. The maximum absolute atomic E-state index is 12.8. The highest BCUT2D eigenvalue weighted by Gasteiger charge is 2.34. The van der Waals surface area contributed by atoms with Crippen LogP contribution in [0.5, 0.6) is 0 Å². The Hall–Kier alpha value is -1.56. The molecular weight excluding hydrogens is 288 g/mol. The predicted octanol–water partition coefficient (Wildman–Crippen LogP) is 1.23. The van der Waals surface area contributed by atoms with Crippen molar-refractivity contribution in [3.8, 4) is 0 Å². The topological polar surface area (TPSA) is 66.5 Å². The molecule has 1 fully saturated rings. The lowest BCUT2D eigenvalue weighted by Crippen LogP contribution is -2.47. The van der Waals surface area contributed by atoms with E-state index in [1.807, 2.05) is 24.3 Å². The number of carbonyl (C=O) groups excluding carboxylic acids is 1. The summed E-state index contributed by atoms with van der Waals surface area (Å²) in [7, 11) is -2.96. The highest BCUT2D eigenvalue weighted by molar-refractivity contribution is 7.91. The number of sulfone groups is 1. The SMILES string of the molecule is CC1CC(C(=O)N2CCS(=O)(=O)CC2)c2ccccc2N1. The van der Waals surface area contributed by atoms with E-state index in [2.05, 4.69) is 12.2 Å². The average molecular weight is 308 g/mol. The van der Waals surface area contributed by atoms with Crippen LogP contribution >= 0.6 is 0 Å². The van der Waals surface area contributed by atoms with Crippen molar-refractivity contribution in [2.24, 2.45) is 0 Å². The van der Waals surface area contributed by atoms with Crippen molar-refractivity contribution in [3.63, 3.8) is 0 Å². The quantitative estimate of drug-likeness (QED) is 0.847. The van der Waals surface area contributed by atoms with Crippen molar-refractivity contribution in [1.82, 2.24) is 4.90 Å². The number of para-hydroxylation sites is 1. The standard InChI is InChI=1S/C15H20N2O3S/c1-11-10-13(12-4-2-3-5-14(12)16-11)15(18)17-6-8-21(19,20)9-7-17/h2-5,11,13,16H,6-10H2,1H3. The van der Waals surface area contributed by atoms with Gasteiger partial charge >= 0.3 is 0 Å². The average Bonchev–Trinajstić information content (AvgIpc) is 2.45. The van der Waals surface area contributed by atoms with E-state index in [0.717, 1.165) is 17.7 Å². The van der Waals surface area contributed by atoms with E-state index in [1.165, 1.54) is 0 Å². The summed E-state index contributed by atoms with van der Waals surface area (Å²) < 4.78 is 23.0. The van der Waals surface area contributed by atoms with Crippen molar-refractivity contribution in [2.75, 3.05) is 29.9 Å². The fourth-order valence-electron chi connectivity index (χ4n) is 3.12. The normalized spacial score (nSPS) is 27.6. The zero-order valence-electron chi connectivity index (χ0n) is 12.1. The molecule has 0 aliphatic carbocycles. The molecule has 0 bridgehead atoms. The molecule has 114 valence electrons. The lowest BCUT2D eigenvalue weighted by molar-refractivity contribution is -0.132. The van der Waals surface area contributed by atoms with Gasteiger partial charge in [-0.15, -0.1) is 0 Å². The number of rotatable bonds is 1. The van der Waals surface area contributed by atoms with Crippen molar-refractivity contribution >= 4 is 21.4 Å². The van der Waals surface area contributed by atoms with Gasteiger partial charge < -0.3 is 10.2 Å². The van der Waals surface area contributed by atoms with Crippen LogP contribution in [0.25, 0.3) is 0 Å². The first-order chi connectivity index (χ1) is 9.96. The maximum atomic E-state index is 12.8. The Kier molecular flexibility index (Phi) is 3.65. The molecule has 1 aromatic carbocycles.